The highest BCUT2D eigenvalue weighted by Crippen LogP contribution is 2.33. The van der Waals surface area contributed by atoms with Crippen molar-refractivity contribution in [1.29, 1.82) is 0 Å². The Bertz CT molecular complexity index is 514. The van der Waals surface area contributed by atoms with Crippen molar-refractivity contribution < 1.29 is 17.9 Å². The number of halogens is 2. The van der Waals surface area contributed by atoms with Crippen LogP contribution in [0.4, 0.5) is 4.79 Å². The number of sulfonamides is 1. The molecule has 1 aromatic heterocycles. The first-order valence-electron chi connectivity index (χ1n) is 4.26. The summed E-state index contributed by atoms with van der Waals surface area (Å²) in [6, 6.07) is 1.18. The number of thiophene rings is 1. The van der Waals surface area contributed by atoms with Gasteiger partial charge in [-0.15, -0.1) is 16.2 Å². The topological polar surface area (TPSA) is 84.5 Å². The van der Waals surface area contributed by atoms with Crippen LogP contribution in [0.3, 0.4) is 0 Å². The predicted octanol–water partition coefficient (Wildman–Crippen LogP) is 1.99. The molecule has 6 nitrogen and oxygen atoms in total. The summed E-state index contributed by atoms with van der Waals surface area (Å²) in [4.78, 5) is 12.5. The Morgan fingerprint density at radius 1 is 1.53 bits per heavy atom. The first-order valence-corrected chi connectivity index (χ1v) is 7.31. The van der Waals surface area contributed by atoms with Gasteiger partial charge in [-0.3, -0.25) is 0 Å². The van der Waals surface area contributed by atoms with Gasteiger partial charge in [-0.25, -0.2) is 18.6 Å². The van der Waals surface area contributed by atoms with Crippen molar-refractivity contribution in [1.82, 2.24) is 10.3 Å². The average molecular weight is 319 g/mol. The monoisotopic (exact) mass is 318 g/mol. The van der Waals surface area contributed by atoms with Crippen molar-refractivity contribution >= 4 is 50.7 Å². The number of hydrogen-bond acceptors (Lipinski definition) is 5. The molecule has 0 aliphatic carbocycles. The van der Waals surface area contributed by atoms with E-state index in [1.165, 1.54) is 6.07 Å². The van der Waals surface area contributed by atoms with Crippen LogP contribution >= 0.6 is 34.5 Å². The Hall–Kier alpha value is -0.540. The molecule has 1 heterocycles. The fraction of sp³-hybridized carbons (Fsp3) is 0.286. The third-order valence-electron chi connectivity index (χ3n) is 1.48. The van der Waals surface area contributed by atoms with E-state index in [0.717, 1.165) is 11.3 Å². The average Bonchev–Trinajstić information content (AvgIpc) is 2.56. The molecule has 0 unspecified atom stereocenters. The molecule has 1 amide bonds. The minimum Gasteiger partial charge on any atom is -0.449 e. The van der Waals surface area contributed by atoms with Gasteiger partial charge in [0.15, 0.2) is 0 Å². The number of rotatable bonds is 4. The number of ether oxygens (including phenoxy) is 1. The second-order valence-corrected chi connectivity index (χ2v) is 6.58. The highest BCUT2D eigenvalue weighted by atomic mass is 35.5. The van der Waals surface area contributed by atoms with Crippen LogP contribution < -0.4 is 10.3 Å². The zero-order chi connectivity index (χ0) is 13.1. The quantitative estimate of drug-likeness (QED) is 0.831. The van der Waals surface area contributed by atoms with Gasteiger partial charge in [0, 0.05) is 0 Å². The molecule has 0 spiro atoms. The van der Waals surface area contributed by atoms with Crippen molar-refractivity contribution in [2.75, 3.05) is 6.61 Å². The van der Waals surface area contributed by atoms with E-state index in [1.54, 1.807) is 6.92 Å². The Labute approximate surface area is 112 Å². The molecular formula is C7H8Cl2N2O4S2. The first-order chi connectivity index (χ1) is 7.86. The van der Waals surface area contributed by atoms with Crippen LogP contribution in [0.2, 0.25) is 8.67 Å². The Balaban J connectivity index is 2.76. The Morgan fingerprint density at radius 2 is 2.18 bits per heavy atom. The summed E-state index contributed by atoms with van der Waals surface area (Å²) in [5, 5.41) is 0. The minimum atomic E-state index is -3.95. The number of amides is 1. The number of hydrogen-bond donors (Lipinski definition) is 2. The molecule has 0 atom stereocenters. The van der Waals surface area contributed by atoms with E-state index in [-0.39, 0.29) is 20.2 Å². The molecule has 10 heteroatoms. The van der Waals surface area contributed by atoms with Crippen molar-refractivity contribution in [2.24, 2.45) is 0 Å². The van der Waals surface area contributed by atoms with E-state index < -0.39 is 16.1 Å². The van der Waals surface area contributed by atoms with Gasteiger partial charge in [0.25, 0.3) is 10.0 Å². The van der Waals surface area contributed by atoms with Crippen LogP contribution in [-0.4, -0.2) is 21.1 Å². The second-order valence-electron chi connectivity index (χ2n) is 2.64. The third kappa shape index (κ3) is 4.00. The maximum atomic E-state index is 11.7. The Kier molecular flexibility index (Phi) is 5.02. The van der Waals surface area contributed by atoms with Gasteiger partial charge < -0.3 is 4.74 Å². The molecule has 0 aliphatic rings. The van der Waals surface area contributed by atoms with Gasteiger partial charge in [0.2, 0.25) is 0 Å². The van der Waals surface area contributed by atoms with Gasteiger partial charge in [-0.1, -0.05) is 23.2 Å². The zero-order valence-electron chi connectivity index (χ0n) is 8.49. The maximum Gasteiger partial charge on any atom is 0.422 e. The summed E-state index contributed by atoms with van der Waals surface area (Å²) in [6.07, 6.45) is -0.909. The van der Waals surface area contributed by atoms with E-state index in [9.17, 15) is 13.2 Å². The molecule has 1 aromatic rings. The van der Waals surface area contributed by atoms with Gasteiger partial charge in [-0.05, 0) is 13.0 Å². The lowest BCUT2D eigenvalue weighted by molar-refractivity contribution is 0.150. The number of nitrogens with one attached hydrogen (secondary N) is 2. The van der Waals surface area contributed by atoms with Crippen molar-refractivity contribution in [2.45, 2.75) is 11.8 Å². The largest absolute Gasteiger partial charge is 0.449 e. The molecular weight excluding hydrogens is 311 g/mol. The molecule has 96 valence electrons. The zero-order valence-corrected chi connectivity index (χ0v) is 11.6. The standard InChI is InChI=1S/C7H8Cl2N2O4S2/c1-2-15-7(12)10-11-17(13,14)4-3-5(8)16-6(4)9/h3,11H,2H2,1H3,(H,10,12). The second kappa shape index (κ2) is 5.87. The maximum absolute atomic E-state index is 11.7. The molecule has 1 rings (SSSR count). The fourth-order valence-corrected chi connectivity index (χ4v) is 3.82. The van der Waals surface area contributed by atoms with Gasteiger partial charge in [0.05, 0.1) is 10.9 Å². The SMILES string of the molecule is CCOC(=O)NNS(=O)(=O)c1cc(Cl)sc1Cl. The lowest BCUT2D eigenvalue weighted by Crippen LogP contribution is -2.41. The molecule has 0 saturated carbocycles. The molecule has 0 aliphatic heterocycles. The van der Waals surface area contributed by atoms with Crippen molar-refractivity contribution in [3.05, 3.63) is 14.7 Å². The molecule has 2 N–H and O–H groups in total. The summed E-state index contributed by atoms with van der Waals surface area (Å²) in [5.41, 5.74) is 1.86. The third-order valence-corrected chi connectivity index (χ3v) is 4.48. The fourth-order valence-electron chi connectivity index (χ4n) is 0.839. The van der Waals surface area contributed by atoms with Crippen LogP contribution in [0, 0.1) is 0 Å². The highest BCUT2D eigenvalue weighted by Gasteiger charge is 2.21. The highest BCUT2D eigenvalue weighted by molar-refractivity contribution is 7.89. The van der Waals surface area contributed by atoms with Crippen LogP contribution in [0.5, 0.6) is 0 Å². The summed E-state index contributed by atoms with van der Waals surface area (Å²) in [7, 11) is -3.95. The van der Waals surface area contributed by atoms with Crippen LogP contribution in [0.1, 0.15) is 6.92 Å². The van der Waals surface area contributed by atoms with Gasteiger partial charge in [-0.2, -0.15) is 0 Å². The van der Waals surface area contributed by atoms with Crippen LogP contribution in [-0.2, 0) is 14.8 Å². The summed E-state index contributed by atoms with van der Waals surface area (Å²) >= 11 is 12.2. The van der Waals surface area contributed by atoms with Crippen molar-refractivity contribution in [3.63, 3.8) is 0 Å². The van der Waals surface area contributed by atoms with Crippen LogP contribution in [0.15, 0.2) is 11.0 Å². The molecule has 0 radical (unpaired) electrons. The van der Waals surface area contributed by atoms with Gasteiger partial charge in [0.1, 0.15) is 9.23 Å². The first kappa shape index (κ1) is 14.5. The lowest BCUT2D eigenvalue weighted by Gasteiger charge is -2.06. The molecule has 0 bridgehead atoms. The van der Waals surface area contributed by atoms with E-state index >= 15 is 0 Å². The summed E-state index contributed by atoms with van der Waals surface area (Å²) in [6.45, 7) is 1.71. The lowest BCUT2D eigenvalue weighted by atomic mass is 10.7. The number of hydrazine groups is 1. The molecule has 0 saturated heterocycles. The van der Waals surface area contributed by atoms with Gasteiger partial charge >= 0.3 is 6.09 Å². The minimum absolute atomic E-state index is 0.00755. The predicted molar refractivity (Wildman–Crippen MR) is 64.8 cm³/mol. The number of carbonyl (C=O) groups is 1. The molecule has 0 aromatic carbocycles. The van der Waals surface area contributed by atoms with Crippen molar-refractivity contribution in [3.8, 4) is 0 Å². The Morgan fingerprint density at radius 3 is 2.65 bits per heavy atom. The summed E-state index contributed by atoms with van der Waals surface area (Å²) in [5.74, 6) is 0. The smallest absolute Gasteiger partial charge is 0.422 e. The summed E-state index contributed by atoms with van der Waals surface area (Å²) < 4.78 is 28.0. The normalized spacial score (nSPS) is 11.2. The van der Waals surface area contributed by atoms with E-state index in [0.29, 0.717) is 0 Å². The van der Waals surface area contributed by atoms with Crippen LogP contribution in [0.25, 0.3) is 0 Å². The molecule has 17 heavy (non-hydrogen) atoms. The van der Waals surface area contributed by atoms with E-state index in [1.807, 2.05) is 10.3 Å². The van der Waals surface area contributed by atoms with E-state index in [4.69, 9.17) is 23.2 Å². The number of carbonyl (C=O) groups excluding carboxylic acids is 1. The molecule has 0 fully saturated rings. The van der Waals surface area contributed by atoms with E-state index in [2.05, 4.69) is 4.74 Å².